The predicted octanol–water partition coefficient (Wildman–Crippen LogP) is 3.33. The molecule has 0 unspecified atom stereocenters. The van der Waals surface area contributed by atoms with E-state index in [0.717, 1.165) is 44.8 Å². The van der Waals surface area contributed by atoms with Crippen molar-refractivity contribution in [3.05, 3.63) is 65.7 Å². The van der Waals surface area contributed by atoms with Gasteiger partial charge in [-0.15, -0.1) is 0 Å². The summed E-state index contributed by atoms with van der Waals surface area (Å²) < 4.78 is 5.69. The molecule has 2 aromatic rings. The van der Waals surface area contributed by atoms with Gasteiger partial charge in [0.2, 0.25) is 5.91 Å². The molecule has 0 saturated carbocycles. The van der Waals surface area contributed by atoms with Gasteiger partial charge in [-0.25, -0.2) is 0 Å². The van der Waals surface area contributed by atoms with E-state index >= 15 is 0 Å². The maximum atomic E-state index is 12.2. The Morgan fingerprint density at radius 3 is 2.63 bits per heavy atom. The van der Waals surface area contributed by atoms with Crippen LogP contribution < -0.4 is 10.1 Å². The molecule has 162 valence electrons. The number of nitrogens with one attached hydrogen (secondary N) is 1. The molecule has 1 amide bonds. The summed E-state index contributed by atoms with van der Waals surface area (Å²) in [5.74, 6) is 1.65. The molecule has 0 bridgehead atoms. The van der Waals surface area contributed by atoms with Gasteiger partial charge in [0.1, 0.15) is 12.4 Å². The summed E-state index contributed by atoms with van der Waals surface area (Å²) >= 11 is 0. The van der Waals surface area contributed by atoms with Gasteiger partial charge in [-0.1, -0.05) is 42.5 Å². The Morgan fingerprint density at radius 1 is 1.13 bits per heavy atom. The van der Waals surface area contributed by atoms with E-state index < -0.39 is 0 Å². The van der Waals surface area contributed by atoms with Crippen LogP contribution in [0.4, 0.5) is 0 Å². The Bertz CT molecular complexity index is 773. The molecular weight excluding hydrogens is 374 g/mol. The van der Waals surface area contributed by atoms with Crippen LogP contribution in [0.2, 0.25) is 0 Å². The van der Waals surface area contributed by atoms with Crippen LogP contribution in [0.5, 0.6) is 5.75 Å². The number of ether oxygens (including phenoxy) is 1. The highest BCUT2D eigenvalue weighted by Crippen LogP contribution is 2.18. The predicted molar refractivity (Wildman–Crippen MR) is 122 cm³/mol. The molecule has 2 aromatic carbocycles. The van der Waals surface area contributed by atoms with Crippen LogP contribution in [-0.4, -0.2) is 62.1 Å². The molecule has 1 N–H and O–H groups in total. The highest BCUT2D eigenvalue weighted by atomic mass is 16.5. The second-order valence-corrected chi connectivity index (χ2v) is 8.42. The van der Waals surface area contributed by atoms with Crippen molar-refractivity contribution in [2.45, 2.75) is 26.3 Å². The lowest BCUT2D eigenvalue weighted by atomic mass is 9.96. The Labute approximate surface area is 181 Å². The summed E-state index contributed by atoms with van der Waals surface area (Å²) in [6.45, 7) is 7.65. The molecule has 1 aliphatic heterocycles. The first kappa shape index (κ1) is 22.3. The SMILES string of the molecule is Cc1cccc(OCCNC(=O)CN2CCC(CN(C)Cc3ccccc3)CC2)c1. The van der Waals surface area contributed by atoms with E-state index in [1.54, 1.807) is 0 Å². The van der Waals surface area contributed by atoms with E-state index in [9.17, 15) is 4.79 Å². The lowest BCUT2D eigenvalue weighted by Crippen LogP contribution is -2.43. The van der Waals surface area contributed by atoms with Crippen LogP contribution in [0.15, 0.2) is 54.6 Å². The van der Waals surface area contributed by atoms with Gasteiger partial charge in [0.15, 0.2) is 0 Å². The third kappa shape index (κ3) is 7.81. The third-order valence-electron chi connectivity index (χ3n) is 5.62. The number of hydrogen-bond acceptors (Lipinski definition) is 4. The second-order valence-electron chi connectivity index (χ2n) is 8.42. The Hall–Kier alpha value is -2.37. The molecule has 1 heterocycles. The topological polar surface area (TPSA) is 44.8 Å². The molecule has 30 heavy (non-hydrogen) atoms. The fraction of sp³-hybridized carbons (Fsp3) is 0.480. The molecule has 0 atom stereocenters. The summed E-state index contributed by atoms with van der Waals surface area (Å²) in [7, 11) is 2.20. The minimum Gasteiger partial charge on any atom is -0.492 e. The highest BCUT2D eigenvalue weighted by molar-refractivity contribution is 5.78. The number of carbonyl (C=O) groups excluding carboxylic acids is 1. The Morgan fingerprint density at radius 2 is 1.90 bits per heavy atom. The third-order valence-corrected chi connectivity index (χ3v) is 5.62. The van der Waals surface area contributed by atoms with Crippen LogP contribution in [-0.2, 0) is 11.3 Å². The van der Waals surface area contributed by atoms with Gasteiger partial charge in [-0.3, -0.25) is 9.69 Å². The quantitative estimate of drug-likeness (QED) is 0.612. The minimum atomic E-state index is 0.0856. The molecule has 1 saturated heterocycles. The molecule has 5 nitrogen and oxygen atoms in total. The number of nitrogens with zero attached hydrogens (tertiary/aromatic N) is 2. The van der Waals surface area contributed by atoms with Crippen molar-refractivity contribution in [1.82, 2.24) is 15.1 Å². The lowest BCUT2D eigenvalue weighted by molar-refractivity contribution is -0.122. The molecule has 0 radical (unpaired) electrons. The first-order valence-electron chi connectivity index (χ1n) is 11.0. The van der Waals surface area contributed by atoms with Gasteiger partial charge in [0.25, 0.3) is 0 Å². The molecule has 1 fully saturated rings. The normalized spacial score (nSPS) is 15.3. The van der Waals surface area contributed by atoms with Crippen LogP contribution in [0.3, 0.4) is 0 Å². The zero-order chi connectivity index (χ0) is 21.2. The second kappa shape index (κ2) is 11.7. The minimum absolute atomic E-state index is 0.0856. The number of hydrogen-bond donors (Lipinski definition) is 1. The zero-order valence-electron chi connectivity index (χ0n) is 18.3. The molecule has 5 heteroatoms. The Balaban J connectivity index is 1.27. The standard InChI is InChI=1S/C25H35N3O2/c1-21-7-6-10-24(17-21)30-16-13-26-25(29)20-28-14-11-23(12-15-28)19-27(2)18-22-8-4-3-5-9-22/h3-10,17,23H,11-16,18-20H2,1-2H3,(H,26,29). The number of likely N-dealkylation sites (tertiary alicyclic amines) is 1. The number of rotatable bonds is 10. The first-order chi connectivity index (χ1) is 14.6. The maximum absolute atomic E-state index is 12.2. The van der Waals surface area contributed by atoms with Crippen molar-refractivity contribution in [2.24, 2.45) is 5.92 Å². The number of carbonyl (C=O) groups is 1. The largest absolute Gasteiger partial charge is 0.492 e. The monoisotopic (exact) mass is 409 g/mol. The van der Waals surface area contributed by atoms with Gasteiger partial charge in [-0.2, -0.15) is 0 Å². The molecule has 1 aliphatic rings. The first-order valence-corrected chi connectivity index (χ1v) is 11.0. The number of aryl methyl sites for hydroxylation is 1. The van der Waals surface area contributed by atoms with Crippen LogP contribution in [0.25, 0.3) is 0 Å². The van der Waals surface area contributed by atoms with Crippen molar-refractivity contribution < 1.29 is 9.53 Å². The lowest BCUT2D eigenvalue weighted by Gasteiger charge is -2.33. The summed E-state index contributed by atoms with van der Waals surface area (Å²) in [4.78, 5) is 16.9. The van der Waals surface area contributed by atoms with Crippen LogP contribution >= 0.6 is 0 Å². The average molecular weight is 410 g/mol. The number of benzene rings is 2. The molecular formula is C25H35N3O2. The fourth-order valence-electron chi connectivity index (χ4n) is 4.05. The van der Waals surface area contributed by atoms with Crippen molar-refractivity contribution in [3.8, 4) is 5.75 Å². The molecule has 0 aliphatic carbocycles. The summed E-state index contributed by atoms with van der Waals surface area (Å²) in [5, 5.41) is 2.97. The zero-order valence-corrected chi connectivity index (χ0v) is 18.3. The molecule has 0 spiro atoms. The van der Waals surface area contributed by atoms with Crippen molar-refractivity contribution in [1.29, 1.82) is 0 Å². The molecule has 0 aromatic heterocycles. The van der Waals surface area contributed by atoms with E-state index in [1.165, 1.54) is 11.1 Å². The average Bonchev–Trinajstić information content (AvgIpc) is 2.73. The summed E-state index contributed by atoms with van der Waals surface area (Å²) in [6, 6.07) is 18.6. The summed E-state index contributed by atoms with van der Waals surface area (Å²) in [5.41, 5.74) is 2.53. The van der Waals surface area contributed by atoms with Crippen LogP contribution in [0.1, 0.15) is 24.0 Å². The Kier molecular flexibility index (Phi) is 8.72. The van der Waals surface area contributed by atoms with Gasteiger partial charge >= 0.3 is 0 Å². The fourth-order valence-corrected chi connectivity index (χ4v) is 4.05. The van der Waals surface area contributed by atoms with E-state index in [1.807, 2.05) is 31.2 Å². The number of amides is 1. The van der Waals surface area contributed by atoms with E-state index in [2.05, 4.69) is 52.5 Å². The highest BCUT2D eigenvalue weighted by Gasteiger charge is 2.21. The van der Waals surface area contributed by atoms with E-state index in [0.29, 0.717) is 25.6 Å². The van der Waals surface area contributed by atoms with Gasteiger partial charge in [-0.05, 0) is 69.1 Å². The van der Waals surface area contributed by atoms with Crippen molar-refractivity contribution >= 4 is 5.91 Å². The molecule has 3 rings (SSSR count). The van der Waals surface area contributed by atoms with Gasteiger partial charge < -0.3 is 15.0 Å². The van der Waals surface area contributed by atoms with Crippen molar-refractivity contribution in [2.75, 3.05) is 46.4 Å². The van der Waals surface area contributed by atoms with E-state index in [-0.39, 0.29) is 5.91 Å². The van der Waals surface area contributed by atoms with Crippen LogP contribution in [0, 0.1) is 12.8 Å². The van der Waals surface area contributed by atoms with Gasteiger partial charge in [0, 0.05) is 13.1 Å². The van der Waals surface area contributed by atoms with E-state index in [4.69, 9.17) is 4.74 Å². The maximum Gasteiger partial charge on any atom is 0.234 e. The smallest absolute Gasteiger partial charge is 0.234 e. The summed E-state index contributed by atoms with van der Waals surface area (Å²) in [6.07, 6.45) is 2.31. The van der Waals surface area contributed by atoms with Crippen molar-refractivity contribution in [3.63, 3.8) is 0 Å². The number of piperidine rings is 1. The van der Waals surface area contributed by atoms with Gasteiger partial charge in [0.05, 0.1) is 13.1 Å².